The van der Waals surface area contributed by atoms with E-state index in [2.05, 4.69) is 57.2 Å². The monoisotopic (exact) mass is 289 g/mol. The lowest BCUT2D eigenvalue weighted by molar-refractivity contribution is -0.671. The Kier molecular flexibility index (Phi) is 11.3. The number of aryl methyl sites for hydroxylation is 1. The highest BCUT2D eigenvalue weighted by molar-refractivity contribution is 5.13. The van der Waals surface area contributed by atoms with E-state index in [0.29, 0.717) is 11.8 Å². The van der Waals surface area contributed by atoms with Crippen LogP contribution in [-0.4, -0.2) is 4.98 Å². The summed E-state index contributed by atoms with van der Waals surface area (Å²) in [5.74, 6) is 1.26. The molecule has 2 aromatic rings. The molecule has 0 saturated carbocycles. The van der Waals surface area contributed by atoms with Gasteiger partial charge in [-0.2, -0.15) is 0 Å². The number of hydrogen-bond acceptors (Lipinski definition) is 1. The van der Waals surface area contributed by atoms with Crippen LogP contribution in [0.15, 0.2) is 49.1 Å². The third-order valence-electron chi connectivity index (χ3n) is 3.04. The minimum Gasteiger partial charge on any atom is -0.265 e. The van der Waals surface area contributed by atoms with Gasteiger partial charge in [-0.15, -0.1) is 0 Å². The molecule has 2 aromatic heterocycles. The maximum absolute atomic E-state index is 3.93. The molecule has 2 rings (SSSR count). The Balaban J connectivity index is 0. The number of nitrogens with zero attached hydrogens (tertiary/aromatic N) is 2. The average molecular weight is 289 g/mol. The number of hydrogen-bond donors (Lipinski definition) is 0. The van der Waals surface area contributed by atoms with E-state index in [1.807, 2.05) is 36.1 Å². The fraction of sp³-hybridized carbons (Fsp3) is 0.474. The molecule has 2 nitrogen and oxygen atoms in total. The summed E-state index contributed by atoms with van der Waals surface area (Å²) in [7, 11) is 2.03. The van der Waals surface area contributed by atoms with E-state index in [1.165, 1.54) is 11.1 Å². The summed E-state index contributed by atoms with van der Waals surface area (Å²) in [4.78, 5) is 3.93. The molecule has 2 heterocycles. The number of rotatable bonds is 2. The minimum atomic E-state index is 0. The molecule has 0 aromatic carbocycles. The normalized spacial score (nSPS) is 9.29. The van der Waals surface area contributed by atoms with E-state index in [1.54, 1.807) is 0 Å². The predicted octanol–water partition coefficient (Wildman–Crippen LogP) is 5.11. The van der Waals surface area contributed by atoms with E-state index in [9.17, 15) is 0 Å². The van der Waals surface area contributed by atoms with Crippen LogP contribution >= 0.6 is 0 Å². The van der Waals surface area contributed by atoms with Crippen LogP contribution in [0.25, 0.3) is 0 Å². The van der Waals surface area contributed by atoms with Gasteiger partial charge in [-0.1, -0.05) is 42.5 Å². The summed E-state index contributed by atoms with van der Waals surface area (Å²) in [6, 6.07) is 8.41. The number of aromatic nitrogens is 2. The Morgan fingerprint density at radius 1 is 0.762 bits per heavy atom. The molecule has 0 aliphatic rings. The fourth-order valence-electron chi connectivity index (χ4n) is 1.65. The maximum atomic E-state index is 3.93. The summed E-state index contributed by atoms with van der Waals surface area (Å²) in [5, 5.41) is 0. The molecular formula is C19H33N2+. The van der Waals surface area contributed by atoms with E-state index in [0.717, 1.165) is 0 Å². The molecule has 21 heavy (non-hydrogen) atoms. The van der Waals surface area contributed by atoms with Crippen LogP contribution < -0.4 is 4.57 Å². The van der Waals surface area contributed by atoms with Crippen molar-refractivity contribution < 1.29 is 4.57 Å². The van der Waals surface area contributed by atoms with Gasteiger partial charge in [0, 0.05) is 24.5 Å². The molecule has 0 N–H and O–H groups in total. The number of pyridine rings is 2. The van der Waals surface area contributed by atoms with Gasteiger partial charge in [0.2, 0.25) is 0 Å². The first kappa shape index (κ1) is 21.6. The van der Waals surface area contributed by atoms with Crippen LogP contribution in [0.2, 0.25) is 0 Å². The molecule has 118 valence electrons. The van der Waals surface area contributed by atoms with E-state index in [-0.39, 0.29) is 14.9 Å². The van der Waals surface area contributed by atoms with Crippen molar-refractivity contribution in [1.82, 2.24) is 4.98 Å². The van der Waals surface area contributed by atoms with Gasteiger partial charge in [0.25, 0.3) is 0 Å². The lowest BCUT2D eigenvalue weighted by Gasteiger charge is -2.01. The van der Waals surface area contributed by atoms with E-state index in [4.69, 9.17) is 0 Å². The van der Waals surface area contributed by atoms with E-state index >= 15 is 0 Å². The van der Waals surface area contributed by atoms with E-state index < -0.39 is 0 Å². The summed E-state index contributed by atoms with van der Waals surface area (Å²) >= 11 is 0. The first-order chi connectivity index (χ1) is 9.00. The van der Waals surface area contributed by atoms with Crippen molar-refractivity contribution in [3.8, 4) is 0 Å². The highest BCUT2D eigenvalue weighted by Gasteiger charge is 1.98. The molecule has 0 saturated heterocycles. The summed E-state index contributed by atoms with van der Waals surface area (Å²) in [5.41, 5.74) is 2.75. The second-order valence-corrected chi connectivity index (χ2v) is 5.39. The molecule has 0 atom stereocenters. The van der Waals surface area contributed by atoms with Crippen molar-refractivity contribution in [1.29, 1.82) is 0 Å². The molecule has 0 bridgehead atoms. The zero-order valence-corrected chi connectivity index (χ0v) is 12.7. The van der Waals surface area contributed by atoms with Crippen molar-refractivity contribution in [3.63, 3.8) is 0 Å². The fourth-order valence-corrected chi connectivity index (χ4v) is 1.65. The first-order valence-corrected chi connectivity index (χ1v) is 6.85. The Hall–Kier alpha value is -1.70. The van der Waals surface area contributed by atoms with Gasteiger partial charge in [0.05, 0.1) is 0 Å². The molecule has 0 spiro atoms. The van der Waals surface area contributed by atoms with Gasteiger partial charge in [0.15, 0.2) is 12.4 Å². The van der Waals surface area contributed by atoms with Gasteiger partial charge in [-0.05, 0) is 35.1 Å². The van der Waals surface area contributed by atoms with Crippen molar-refractivity contribution in [3.05, 3.63) is 60.2 Å². The molecule has 0 amide bonds. The van der Waals surface area contributed by atoms with Gasteiger partial charge in [-0.3, -0.25) is 4.98 Å². The topological polar surface area (TPSA) is 16.8 Å². The van der Waals surface area contributed by atoms with Gasteiger partial charge in [0.1, 0.15) is 7.05 Å². The molecule has 0 fully saturated rings. The summed E-state index contributed by atoms with van der Waals surface area (Å²) in [6.07, 6.45) is 7.81. The third-order valence-corrected chi connectivity index (χ3v) is 3.04. The second kappa shape index (κ2) is 11.0. The third kappa shape index (κ3) is 8.23. The van der Waals surface area contributed by atoms with Crippen LogP contribution in [0.3, 0.4) is 0 Å². The first-order valence-electron chi connectivity index (χ1n) is 6.85. The van der Waals surface area contributed by atoms with Crippen molar-refractivity contribution in [2.45, 2.75) is 54.4 Å². The van der Waals surface area contributed by atoms with Gasteiger partial charge in [-0.25, -0.2) is 4.57 Å². The van der Waals surface area contributed by atoms with Crippen LogP contribution in [0.1, 0.15) is 65.5 Å². The standard InChI is InChI=1S/C9H14N.C8H11N.2CH4/c1-8(2)9-4-6-10(3)7-5-9;1-7(2)8-3-5-9-6-4-8;;/h4-8H,1-3H3;3-7H,1-2H3;2*1H4/q+1;;;. The molecule has 0 aliphatic heterocycles. The van der Waals surface area contributed by atoms with Gasteiger partial charge >= 0.3 is 0 Å². The Morgan fingerprint density at radius 2 is 1.14 bits per heavy atom. The lowest BCUT2D eigenvalue weighted by atomic mass is 10.1. The maximum Gasteiger partial charge on any atom is 0.168 e. The molecule has 0 radical (unpaired) electrons. The largest absolute Gasteiger partial charge is 0.265 e. The Labute approximate surface area is 131 Å². The average Bonchev–Trinajstić information content (AvgIpc) is 2.41. The molecular weight excluding hydrogens is 256 g/mol. The zero-order valence-electron chi connectivity index (χ0n) is 12.7. The van der Waals surface area contributed by atoms with Crippen LogP contribution in [-0.2, 0) is 7.05 Å². The van der Waals surface area contributed by atoms with Gasteiger partial charge < -0.3 is 0 Å². The highest BCUT2D eigenvalue weighted by Crippen LogP contribution is 2.11. The smallest absolute Gasteiger partial charge is 0.168 e. The van der Waals surface area contributed by atoms with Crippen LogP contribution in [0, 0.1) is 0 Å². The SMILES string of the molecule is C.C.CC(C)c1cc[n+](C)cc1.CC(C)c1ccncc1. The highest BCUT2D eigenvalue weighted by atomic mass is 14.9. The quantitative estimate of drug-likeness (QED) is 0.702. The summed E-state index contributed by atoms with van der Waals surface area (Å²) < 4.78 is 2.05. The second-order valence-electron chi connectivity index (χ2n) is 5.39. The van der Waals surface area contributed by atoms with Crippen LogP contribution in [0.4, 0.5) is 0 Å². The molecule has 0 unspecified atom stereocenters. The summed E-state index contributed by atoms with van der Waals surface area (Å²) in [6.45, 7) is 8.76. The van der Waals surface area contributed by atoms with Crippen LogP contribution in [0.5, 0.6) is 0 Å². The van der Waals surface area contributed by atoms with Crippen molar-refractivity contribution in [2.24, 2.45) is 7.05 Å². The minimum absolute atomic E-state index is 0. The Bertz CT molecular complexity index is 459. The van der Waals surface area contributed by atoms with Crippen molar-refractivity contribution in [2.75, 3.05) is 0 Å². The molecule has 0 aliphatic carbocycles. The zero-order chi connectivity index (χ0) is 14.3. The predicted molar refractivity (Wildman–Crippen MR) is 93.5 cm³/mol. The Morgan fingerprint density at radius 3 is 1.48 bits per heavy atom. The molecule has 2 heteroatoms. The van der Waals surface area contributed by atoms with Crippen molar-refractivity contribution >= 4 is 0 Å². The lowest BCUT2D eigenvalue weighted by Crippen LogP contribution is -2.26.